The maximum Gasteiger partial charge on any atom is 0.317 e. The van der Waals surface area contributed by atoms with Crippen LogP contribution in [-0.4, -0.2) is 37.5 Å². The third-order valence-electron chi connectivity index (χ3n) is 1.44. The van der Waals surface area contributed by atoms with Gasteiger partial charge in [0.2, 0.25) is 0 Å². The number of carbonyl (C=O) groups is 1. The van der Waals surface area contributed by atoms with E-state index in [1.807, 2.05) is 18.9 Å². The lowest BCUT2D eigenvalue weighted by Gasteiger charge is -2.23. The largest absolute Gasteiger partial charge is 0.480 e. The van der Waals surface area contributed by atoms with E-state index in [2.05, 4.69) is 45.2 Å². The van der Waals surface area contributed by atoms with Crippen LogP contribution in [0.3, 0.4) is 0 Å². The molecule has 0 aliphatic carbocycles. The van der Waals surface area contributed by atoms with Gasteiger partial charge in [0.15, 0.2) is 0 Å². The molecule has 1 unspecified atom stereocenters. The smallest absolute Gasteiger partial charge is 0.317 e. The molecule has 1 N–H and O–H groups in total. The first-order valence-electron chi connectivity index (χ1n) is 3.15. The number of hydrogen-bond acceptors (Lipinski definition) is 2. The molecule has 0 aromatic heterocycles. The molecular weight excluding hydrogens is 372 g/mol. The van der Waals surface area contributed by atoms with Crippen LogP contribution >= 0.6 is 45.2 Å². The zero-order valence-corrected chi connectivity index (χ0v) is 10.7. The molecule has 0 saturated heterocycles. The van der Waals surface area contributed by atoms with Crippen molar-refractivity contribution < 1.29 is 9.90 Å². The lowest BCUT2D eigenvalue weighted by molar-refractivity contribution is -0.138. The molecule has 0 spiro atoms. The molecule has 11 heavy (non-hydrogen) atoms. The molecule has 0 amide bonds. The molecule has 0 saturated carbocycles. The molecule has 0 rings (SSSR count). The quantitative estimate of drug-likeness (QED) is 0.593. The summed E-state index contributed by atoms with van der Waals surface area (Å²) in [5.41, 5.74) is 0. The Balaban J connectivity index is 3.82. The van der Waals surface area contributed by atoms with Crippen LogP contribution in [0.5, 0.6) is 0 Å². The van der Waals surface area contributed by atoms with E-state index in [0.29, 0.717) is 7.97 Å². The lowest BCUT2D eigenvalue weighted by atomic mass is 10.3. The van der Waals surface area contributed by atoms with Crippen LogP contribution in [0.1, 0.15) is 6.92 Å². The maximum atomic E-state index is 10.3. The summed E-state index contributed by atoms with van der Waals surface area (Å²) >= 11 is 4.56. The van der Waals surface area contributed by atoms with Crippen LogP contribution in [0.15, 0.2) is 0 Å². The van der Waals surface area contributed by atoms with Gasteiger partial charge in [0.25, 0.3) is 0 Å². The molecule has 1 atom stereocenters. The second kappa shape index (κ2) is 5.52. The van der Waals surface area contributed by atoms with Gasteiger partial charge in [0.1, 0.15) is 0 Å². The molecule has 0 aliphatic heterocycles. The second-order valence-corrected chi connectivity index (χ2v) is 7.45. The third kappa shape index (κ3) is 5.18. The first-order chi connectivity index (χ1) is 4.95. The molecule has 0 aromatic rings. The number of carboxylic acids is 1. The van der Waals surface area contributed by atoms with Gasteiger partial charge in [0, 0.05) is 6.04 Å². The van der Waals surface area contributed by atoms with Crippen LogP contribution in [0, 0.1) is 0 Å². The number of aliphatic carboxylic acids is 1. The highest BCUT2D eigenvalue weighted by Crippen LogP contribution is 2.17. The van der Waals surface area contributed by atoms with E-state index in [1.54, 1.807) is 0 Å². The average molecular weight is 383 g/mol. The van der Waals surface area contributed by atoms with Gasteiger partial charge in [-0.25, -0.2) is 0 Å². The zero-order chi connectivity index (χ0) is 9.02. The highest BCUT2D eigenvalue weighted by molar-refractivity contribution is 14.2. The van der Waals surface area contributed by atoms with E-state index < -0.39 is 5.97 Å². The normalized spacial score (nSPS) is 14.0. The molecule has 0 aliphatic rings. The predicted molar refractivity (Wildman–Crippen MR) is 61.6 cm³/mol. The van der Waals surface area contributed by atoms with Crippen molar-refractivity contribution in [2.75, 3.05) is 13.6 Å². The Kier molecular flexibility index (Phi) is 5.97. The minimum atomic E-state index is -0.771. The monoisotopic (exact) mass is 383 g/mol. The summed E-state index contributed by atoms with van der Waals surface area (Å²) < 4.78 is 0.439. The van der Waals surface area contributed by atoms with E-state index in [1.165, 1.54) is 0 Å². The van der Waals surface area contributed by atoms with Crippen LogP contribution < -0.4 is 0 Å². The highest BCUT2D eigenvalue weighted by atomic mass is 127. The van der Waals surface area contributed by atoms with Crippen molar-refractivity contribution in [3.8, 4) is 0 Å². The van der Waals surface area contributed by atoms with Gasteiger partial charge >= 0.3 is 5.97 Å². The maximum absolute atomic E-state index is 10.3. The van der Waals surface area contributed by atoms with E-state index in [9.17, 15) is 4.79 Å². The first-order valence-corrected chi connectivity index (χ1v) is 5.64. The second-order valence-electron chi connectivity index (χ2n) is 2.38. The van der Waals surface area contributed by atoms with E-state index >= 15 is 0 Å². The van der Waals surface area contributed by atoms with Gasteiger partial charge in [-0.05, 0) is 14.0 Å². The van der Waals surface area contributed by atoms with Gasteiger partial charge in [-0.15, -0.1) is 0 Å². The average Bonchev–Trinajstić information content (AvgIpc) is 1.84. The number of alkyl halides is 2. The first kappa shape index (κ1) is 11.9. The number of rotatable bonds is 4. The fourth-order valence-electron chi connectivity index (χ4n) is 0.550. The highest BCUT2D eigenvalue weighted by Gasteiger charge is 2.16. The molecule has 0 heterocycles. The van der Waals surface area contributed by atoms with Crippen LogP contribution in [0.4, 0.5) is 0 Å². The number of likely N-dealkylation sites (N-methyl/N-ethyl adjacent to an activating group) is 1. The minimum Gasteiger partial charge on any atom is -0.480 e. The summed E-state index contributed by atoms with van der Waals surface area (Å²) in [7, 11) is 1.82. The van der Waals surface area contributed by atoms with Crippen molar-refractivity contribution in [2.45, 2.75) is 14.9 Å². The van der Waals surface area contributed by atoms with Gasteiger partial charge in [0.05, 0.1) is 8.48 Å². The Bertz CT molecular complexity index is 141. The molecule has 0 fully saturated rings. The van der Waals surface area contributed by atoms with Gasteiger partial charge in [-0.2, -0.15) is 0 Å². The van der Waals surface area contributed by atoms with Crippen LogP contribution in [-0.2, 0) is 4.79 Å². The summed E-state index contributed by atoms with van der Waals surface area (Å²) in [5.74, 6) is -0.771. The molecule has 0 aromatic carbocycles. The topological polar surface area (TPSA) is 40.5 Å². The predicted octanol–water partition coefficient (Wildman–Crippen LogP) is 1.59. The molecule has 5 heteroatoms. The van der Waals surface area contributed by atoms with Crippen LogP contribution in [0.2, 0.25) is 0 Å². The number of halogens is 2. The Morgan fingerprint density at radius 2 is 2.09 bits per heavy atom. The fraction of sp³-hybridized carbons (Fsp3) is 0.833. The Morgan fingerprint density at radius 1 is 1.64 bits per heavy atom. The van der Waals surface area contributed by atoms with E-state index in [0.717, 1.165) is 0 Å². The Hall–Kier alpha value is 0.890. The van der Waals surface area contributed by atoms with Gasteiger partial charge in [-0.1, -0.05) is 45.2 Å². The van der Waals surface area contributed by atoms with E-state index in [-0.39, 0.29) is 6.54 Å². The summed E-state index contributed by atoms with van der Waals surface area (Å²) in [6.07, 6.45) is 0. The number of nitrogens with zero attached hydrogens (tertiary/aromatic N) is 1. The van der Waals surface area contributed by atoms with Crippen molar-refractivity contribution in [1.82, 2.24) is 4.90 Å². The Morgan fingerprint density at radius 3 is 2.36 bits per heavy atom. The SMILES string of the molecule is CC(C(I)I)N(C)CC(=O)O. The Labute approximate surface area is 93.8 Å². The standard InChI is InChI=1S/C6H11I2NO2/c1-4(6(7)8)9(2)3-5(10)11/h4,6H,3H2,1-2H3,(H,10,11). The third-order valence-corrected chi connectivity index (χ3v) is 3.53. The minimum absolute atomic E-state index is 0.115. The molecular formula is C6H11I2NO2. The molecule has 0 radical (unpaired) electrons. The number of carboxylic acid groups (broad SMARTS) is 1. The van der Waals surface area contributed by atoms with Gasteiger partial charge in [-0.3, -0.25) is 9.69 Å². The zero-order valence-electron chi connectivity index (χ0n) is 6.42. The van der Waals surface area contributed by atoms with Gasteiger partial charge < -0.3 is 5.11 Å². The number of hydrogen-bond donors (Lipinski definition) is 1. The van der Waals surface area contributed by atoms with Crippen molar-refractivity contribution in [2.24, 2.45) is 0 Å². The lowest BCUT2D eigenvalue weighted by Crippen LogP contribution is -2.37. The van der Waals surface area contributed by atoms with Crippen molar-refractivity contribution in [3.63, 3.8) is 0 Å². The summed E-state index contributed by atoms with van der Waals surface area (Å²) in [6.45, 7) is 2.14. The van der Waals surface area contributed by atoms with Crippen molar-refractivity contribution in [3.05, 3.63) is 0 Å². The van der Waals surface area contributed by atoms with Crippen molar-refractivity contribution >= 4 is 51.2 Å². The summed E-state index contributed by atoms with van der Waals surface area (Å²) in [6, 6.07) is 0.298. The summed E-state index contributed by atoms with van der Waals surface area (Å²) in [4.78, 5) is 12.1. The fourth-order valence-corrected chi connectivity index (χ4v) is 1.65. The molecule has 0 bridgehead atoms. The molecule has 66 valence electrons. The van der Waals surface area contributed by atoms with E-state index in [4.69, 9.17) is 5.11 Å². The molecule has 3 nitrogen and oxygen atoms in total. The summed E-state index contributed by atoms with van der Waals surface area (Å²) in [5, 5.41) is 8.47. The van der Waals surface area contributed by atoms with Crippen LogP contribution in [0.25, 0.3) is 0 Å². The van der Waals surface area contributed by atoms with Crippen molar-refractivity contribution in [1.29, 1.82) is 0 Å².